The van der Waals surface area contributed by atoms with E-state index in [2.05, 4.69) is 15.2 Å². The third-order valence-electron chi connectivity index (χ3n) is 3.30. The van der Waals surface area contributed by atoms with Gasteiger partial charge in [0.15, 0.2) is 11.7 Å². The van der Waals surface area contributed by atoms with Crippen LogP contribution in [0, 0.1) is 0 Å². The Morgan fingerprint density at radius 3 is 2.60 bits per heavy atom. The minimum atomic E-state index is -1.36. The highest BCUT2D eigenvalue weighted by Crippen LogP contribution is 2.30. The molecule has 10 nitrogen and oxygen atoms in total. The van der Waals surface area contributed by atoms with E-state index in [1.165, 1.54) is 0 Å². The van der Waals surface area contributed by atoms with Crippen LogP contribution in [0.25, 0.3) is 11.0 Å². The van der Waals surface area contributed by atoms with Gasteiger partial charge in [-0.3, -0.25) is 24.4 Å². The standard InChI is InChI=1S/C10H12N4O6/c15-1-3-6(16)7(17)10(20-3)14-2-11-4-5(14)9(19)13-12-8(4)18/h2-3,6-7,10,15-17H,1H2,(H,12,18)(H,13,19)/t3-,6-,7-,10-/m1/s1. The van der Waals surface area contributed by atoms with Gasteiger partial charge in [-0.25, -0.2) is 4.98 Å². The van der Waals surface area contributed by atoms with Crippen LogP contribution in [0.15, 0.2) is 15.9 Å². The quantitative estimate of drug-likeness (QED) is 0.394. The van der Waals surface area contributed by atoms with Crippen molar-refractivity contribution in [3.8, 4) is 0 Å². The van der Waals surface area contributed by atoms with Gasteiger partial charge in [-0.2, -0.15) is 0 Å². The summed E-state index contributed by atoms with van der Waals surface area (Å²) >= 11 is 0. The first-order chi connectivity index (χ1) is 9.54. The zero-order chi connectivity index (χ0) is 14.4. The number of ether oxygens (including phenoxy) is 1. The lowest BCUT2D eigenvalue weighted by molar-refractivity contribution is -0.0509. The lowest BCUT2D eigenvalue weighted by Crippen LogP contribution is -2.33. The predicted octanol–water partition coefficient (Wildman–Crippen LogP) is -2.98. The van der Waals surface area contributed by atoms with E-state index >= 15 is 0 Å². The first kappa shape index (κ1) is 13.0. The molecule has 2 aromatic heterocycles. The lowest BCUT2D eigenvalue weighted by atomic mass is 10.1. The number of nitrogens with one attached hydrogen (secondary N) is 2. The number of aliphatic hydroxyl groups excluding tert-OH is 3. The van der Waals surface area contributed by atoms with Crippen LogP contribution in [0.1, 0.15) is 6.23 Å². The SMILES string of the molecule is O=c1[nH][nH]c(=O)c2c1ncn2[C@@H]1O[C@H](CO)[C@@H](O)[C@H]1O. The maximum absolute atomic E-state index is 11.8. The highest BCUT2D eigenvalue weighted by Gasteiger charge is 2.44. The maximum atomic E-state index is 11.8. The minimum Gasteiger partial charge on any atom is -0.394 e. The lowest BCUT2D eigenvalue weighted by Gasteiger charge is -2.16. The van der Waals surface area contributed by atoms with Crippen molar-refractivity contribution in [2.24, 2.45) is 0 Å². The van der Waals surface area contributed by atoms with Gasteiger partial charge in [-0.15, -0.1) is 0 Å². The third-order valence-corrected chi connectivity index (χ3v) is 3.30. The van der Waals surface area contributed by atoms with Gasteiger partial charge in [0.25, 0.3) is 11.1 Å². The number of fused-ring (bicyclic) bond motifs is 1. The fourth-order valence-electron chi connectivity index (χ4n) is 2.29. The molecule has 10 heteroatoms. The number of aromatic amines is 2. The fraction of sp³-hybridized carbons (Fsp3) is 0.500. The molecule has 108 valence electrons. The van der Waals surface area contributed by atoms with E-state index in [4.69, 9.17) is 9.84 Å². The number of hydrogen-bond donors (Lipinski definition) is 5. The summed E-state index contributed by atoms with van der Waals surface area (Å²) in [6.45, 7) is -0.488. The number of H-pyrrole nitrogens is 2. The number of imidazole rings is 1. The van der Waals surface area contributed by atoms with Crippen molar-refractivity contribution >= 4 is 11.0 Å². The summed E-state index contributed by atoms with van der Waals surface area (Å²) in [5.74, 6) is 0. The predicted molar refractivity (Wildman–Crippen MR) is 64.0 cm³/mol. The van der Waals surface area contributed by atoms with E-state index in [1.54, 1.807) is 0 Å². The minimum absolute atomic E-state index is 0.0800. The molecule has 0 aromatic carbocycles. The molecule has 0 radical (unpaired) electrons. The molecule has 0 bridgehead atoms. The van der Waals surface area contributed by atoms with E-state index in [9.17, 15) is 19.8 Å². The van der Waals surface area contributed by atoms with Crippen LogP contribution in [0.2, 0.25) is 0 Å². The summed E-state index contributed by atoms with van der Waals surface area (Å²) in [5.41, 5.74) is -1.39. The highest BCUT2D eigenvalue weighted by atomic mass is 16.6. The molecule has 1 fully saturated rings. The fourth-order valence-corrected chi connectivity index (χ4v) is 2.29. The van der Waals surface area contributed by atoms with Crippen molar-refractivity contribution < 1.29 is 20.1 Å². The second-order valence-electron chi connectivity index (χ2n) is 4.49. The molecule has 20 heavy (non-hydrogen) atoms. The molecule has 3 heterocycles. The average molecular weight is 284 g/mol. The molecule has 3 rings (SSSR count). The van der Waals surface area contributed by atoms with Gasteiger partial charge in [0.2, 0.25) is 0 Å². The summed E-state index contributed by atoms with van der Waals surface area (Å²) in [6, 6.07) is 0. The molecule has 1 aliphatic heterocycles. The van der Waals surface area contributed by atoms with Gasteiger partial charge in [0.1, 0.15) is 23.8 Å². The summed E-state index contributed by atoms with van der Waals surface area (Å²) < 4.78 is 6.45. The van der Waals surface area contributed by atoms with Crippen LogP contribution in [-0.2, 0) is 4.74 Å². The molecule has 0 unspecified atom stereocenters. The molecule has 4 atom stereocenters. The van der Waals surface area contributed by atoms with Crippen molar-refractivity contribution in [2.45, 2.75) is 24.5 Å². The first-order valence-electron chi connectivity index (χ1n) is 5.84. The largest absolute Gasteiger partial charge is 0.394 e. The van der Waals surface area contributed by atoms with E-state index < -0.39 is 42.3 Å². The summed E-state index contributed by atoms with van der Waals surface area (Å²) in [5, 5.41) is 32.9. The molecule has 5 N–H and O–H groups in total. The number of aliphatic hydroxyl groups is 3. The number of rotatable bonds is 2. The Morgan fingerprint density at radius 2 is 1.95 bits per heavy atom. The topological polar surface area (TPSA) is 153 Å². The molecule has 0 spiro atoms. The van der Waals surface area contributed by atoms with E-state index in [1.807, 2.05) is 0 Å². The zero-order valence-corrected chi connectivity index (χ0v) is 10.1. The van der Waals surface area contributed by atoms with Crippen molar-refractivity contribution in [2.75, 3.05) is 6.61 Å². The highest BCUT2D eigenvalue weighted by molar-refractivity contribution is 5.72. The van der Waals surface area contributed by atoms with Crippen LogP contribution in [0.5, 0.6) is 0 Å². The number of aromatic nitrogens is 4. The average Bonchev–Trinajstić information content (AvgIpc) is 2.99. The number of hydrogen-bond acceptors (Lipinski definition) is 7. The summed E-state index contributed by atoms with van der Waals surface area (Å²) in [7, 11) is 0. The smallest absolute Gasteiger partial charge is 0.290 e. The van der Waals surface area contributed by atoms with Crippen molar-refractivity contribution in [1.29, 1.82) is 0 Å². The van der Waals surface area contributed by atoms with Gasteiger partial charge in [0.05, 0.1) is 12.9 Å². The van der Waals surface area contributed by atoms with Crippen molar-refractivity contribution in [3.63, 3.8) is 0 Å². The summed E-state index contributed by atoms with van der Waals surface area (Å²) in [6.07, 6.45) is -3.59. The van der Waals surface area contributed by atoms with E-state index in [0.717, 1.165) is 10.9 Å². The Bertz CT molecular complexity index is 748. The summed E-state index contributed by atoms with van der Waals surface area (Å²) in [4.78, 5) is 27.1. The molecule has 0 amide bonds. The van der Waals surface area contributed by atoms with Gasteiger partial charge < -0.3 is 20.1 Å². The van der Waals surface area contributed by atoms with E-state index in [0.29, 0.717) is 0 Å². The Labute approximate surface area is 110 Å². The van der Waals surface area contributed by atoms with Crippen LogP contribution in [0.3, 0.4) is 0 Å². The van der Waals surface area contributed by atoms with Gasteiger partial charge in [-0.1, -0.05) is 0 Å². The molecular formula is C10H12N4O6. The normalized spacial score (nSPS) is 30.1. The Balaban J connectivity index is 2.15. The van der Waals surface area contributed by atoms with Crippen LogP contribution in [-0.4, -0.2) is 60.0 Å². The molecule has 0 aliphatic carbocycles. The molecule has 1 saturated heterocycles. The van der Waals surface area contributed by atoms with Crippen molar-refractivity contribution in [3.05, 3.63) is 27.0 Å². The molecule has 0 saturated carbocycles. The molecule has 1 aliphatic rings. The first-order valence-corrected chi connectivity index (χ1v) is 5.84. The van der Waals surface area contributed by atoms with Crippen LogP contribution < -0.4 is 11.1 Å². The van der Waals surface area contributed by atoms with Gasteiger partial charge >= 0.3 is 0 Å². The van der Waals surface area contributed by atoms with Crippen LogP contribution >= 0.6 is 0 Å². The Morgan fingerprint density at radius 1 is 1.25 bits per heavy atom. The van der Waals surface area contributed by atoms with Crippen LogP contribution in [0.4, 0.5) is 0 Å². The zero-order valence-electron chi connectivity index (χ0n) is 10.1. The molecule has 2 aromatic rings. The monoisotopic (exact) mass is 284 g/mol. The molecular weight excluding hydrogens is 272 g/mol. The second kappa shape index (κ2) is 4.52. The third kappa shape index (κ3) is 1.70. The van der Waals surface area contributed by atoms with Gasteiger partial charge in [0, 0.05) is 0 Å². The van der Waals surface area contributed by atoms with Crippen molar-refractivity contribution in [1.82, 2.24) is 19.7 Å². The number of nitrogens with zero attached hydrogens (tertiary/aromatic N) is 2. The maximum Gasteiger partial charge on any atom is 0.290 e. The second-order valence-corrected chi connectivity index (χ2v) is 4.49. The Hall–Kier alpha value is -2.01. The Kier molecular flexibility index (Phi) is 2.94. The van der Waals surface area contributed by atoms with Gasteiger partial charge in [-0.05, 0) is 0 Å². The van der Waals surface area contributed by atoms with E-state index in [-0.39, 0.29) is 11.0 Å².